The molecule has 0 spiro atoms. The van der Waals surface area contributed by atoms with E-state index in [2.05, 4.69) is 5.32 Å². The van der Waals surface area contributed by atoms with Crippen LogP contribution in [0.5, 0.6) is 0 Å². The number of aliphatic hydroxyl groups is 1. The number of nitrogens with one attached hydrogen (secondary N) is 1. The molecule has 0 amide bonds. The molecular weight excluding hydrogens is 207 g/mol. The maximum absolute atomic E-state index is 12.2. The van der Waals surface area contributed by atoms with Crippen molar-refractivity contribution >= 4 is 0 Å². The molecule has 0 heterocycles. The standard InChI is InChI=1S/C10H12F3NO/c1-14-9(6-15)7-2-4-8(5-3-7)10(11,12)13/h2-5,9,14-15H,6H2,1H3/t9-/m1/s1. The van der Waals surface area contributed by atoms with Crippen molar-refractivity contribution in [3.63, 3.8) is 0 Å². The largest absolute Gasteiger partial charge is 0.416 e. The van der Waals surface area contributed by atoms with Gasteiger partial charge < -0.3 is 10.4 Å². The number of aliphatic hydroxyl groups excluding tert-OH is 1. The fourth-order valence-corrected chi connectivity index (χ4v) is 1.27. The number of hydrogen-bond donors (Lipinski definition) is 2. The lowest BCUT2D eigenvalue weighted by atomic mass is 10.1. The maximum atomic E-state index is 12.2. The Hall–Kier alpha value is -1.07. The minimum Gasteiger partial charge on any atom is -0.394 e. The Morgan fingerprint density at radius 3 is 2.13 bits per heavy atom. The molecule has 2 N–H and O–H groups in total. The van der Waals surface area contributed by atoms with Crippen LogP contribution in [0, 0.1) is 0 Å². The molecule has 5 heteroatoms. The van der Waals surface area contributed by atoms with E-state index in [0.29, 0.717) is 5.56 Å². The van der Waals surface area contributed by atoms with Crippen molar-refractivity contribution in [1.29, 1.82) is 0 Å². The van der Waals surface area contributed by atoms with Crippen LogP contribution in [0.15, 0.2) is 24.3 Å². The first-order chi connectivity index (χ1) is 6.99. The molecule has 0 fully saturated rings. The Kier molecular flexibility index (Phi) is 3.71. The normalized spacial score (nSPS) is 13.9. The van der Waals surface area contributed by atoms with Crippen LogP contribution in [0.4, 0.5) is 13.2 Å². The van der Waals surface area contributed by atoms with E-state index in [1.807, 2.05) is 0 Å². The fraction of sp³-hybridized carbons (Fsp3) is 0.400. The van der Waals surface area contributed by atoms with Gasteiger partial charge in [0.1, 0.15) is 0 Å². The van der Waals surface area contributed by atoms with Gasteiger partial charge in [-0.3, -0.25) is 0 Å². The first-order valence-corrected chi connectivity index (χ1v) is 4.44. The zero-order valence-corrected chi connectivity index (χ0v) is 8.17. The third kappa shape index (κ3) is 2.94. The Morgan fingerprint density at radius 1 is 1.27 bits per heavy atom. The van der Waals surface area contributed by atoms with Crippen LogP contribution >= 0.6 is 0 Å². The summed E-state index contributed by atoms with van der Waals surface area (Å²) >= 11 is 0. The SMILES string of the molecule is CN[C@H](CO)c1ccc(C(F)(F)F)cc1. The summed E-state index contributed by atoms with van der Waals surface area (Å²) < 4.78 is 36.7. The zero-order chi connectivity index (χ0) is 11.5. The van der Waals surface area contributed by atoms with Gasteiger partial charge in [0.15, 0.2) is 0 Å². The summed E-state index contributed by atoms with van der Waals surface area (Å²) in [5.41, 5.74) is -0.0490. The van der Waals surface area contributed by atoms with Crippen molar-refractivity contribution in [3.8, 4) is 0 Å². The van der Waals surface area contributed by atoms with Crippen molar-refractivity contribution < 1.29 is 18.3 Å². The van der Waals surface area contributed by atoms with Crippen LogP contribution in [-0.2, 0) is 6.18 Å². The van der Waals surface area contributed by atoms with Gasteiger partial charge in [0.05, 0.1) is 18.2 Å². The van der Waals surface area contributed by atoms with Crippen LogP contribution in [0.3, 0.4) is 0 Å². The Labute approximate surface area is 85.7 Å². The van der Waals surface area contributed by atoms with Crippen molar-refractivity contribution in [2.45, 2.75) is 12.2 Å². The summed E-state index contributed by atoms with van der Waals surface area (Å²) in [5.74, 6) is 0. The highest BCUT2D eigenvalue weighted by atomic mass is 19.4. The average molecular weight is 219 g/mol. The average Bonchev–Trinajstić information content (AvgIpc) is 2.19. The Morgan fingerprint density at radius 2 is 1.80 bits per heavy atom. The van der Waals surface area contributed by atoms with Gasteiger partial charge in [-0.1, -0.05) is 12.1 Å². The molecule has 0 aliphatic carbocycles. The van der Waals surface area contributed by atoms with Crippen LogP contribution < -0.4 is 5.32 Å². The van der Waals surface area contributed by atoms with Gasteiger partial charge in [-0.2, -0.15) is 13.2 Å². The molecule has 1 aromatic rings. The van der Waals surface area contributed by atoms with Gasteiger partial charge in [-0.05, 0) is 24.7 Å². The molecule has 0 aliphatic rings. The van der Waals surface area contributed by atoms with Gasteiger partial charge in [0.2, 0.25) is 0 Å². The number of halogens is 3. The summed E-state index contributed by atoms with van der Waals surface area (Å²) in [4.78, 5) is 0. The molecule has 15 heavy (non-hydrogen) atoms. The predicted octanol–water partition coefficient (Wildman–Crippen LogP) is 1.96. The summed E-state index contributed by atoms with van der Waals surface area (Å²) in [7, 11) is 1.64. The summed E-state index contributed by atoms with van der Waals surface area (Å²) in [6.45, 7) is -0.151. The van der Waals surface area contributed by atoms with E-state index in [-0.39, 0.29) is 12.6 Å². The minimum atomic E-state index is -4.31. The molecule has 0 unspecified atom stereocenters. The molecular formula is C10H12F3NO. The second-order valence-corrected chi connectivity index (χ2v) is 3.14. The summed E-state index contributed by atoms with van der Waals surface area (Å²) in [5, 5.41) is 11.7. The highest BCUT2D eigenvalue weighted by Gasteiger charge is 2.30. The third-order valence-corrected chi connectivity index (χ3v) is 2.17. The van der Waals surface area contributed by atoms with E-state index in [1.165, 1.54) is 12.1 Å². The summed E-state index contributed by atoms with van der Waals surface area (Å²) in [6.07, 6.45) is -4.31. The molecule has 1 aromatic carbocycles. The highest BCUT2D eigenvalue weighted by Crippen LogP contribution is 2.29. The Balaban J connectivity index is 2.89. The van der Waals surface area contributed by atoms with Gasteiger partial charge in [0, 0.05) is 0 Å². The van der Waals surface area contributed by atoms with Gasteiger partial charge in [0.25, 0.3) is 0 Å². The number of rotatable bonds is 3. The van der Waals surface area contributed by atoms with Crippen molar-refractivity contribution in [1.82, 2.24) is 5.32 Å². The molecule has 84 valence electrons. The molecule has 0 aliphatic heterocycles. The number of benzene rings is 1. The second kappa shape index (κ2) is 4.63. The summed E-state index contributed by atoms with van der Waals surface area (Å²) in [6, 6.07) is 4.41. The molecule has 1 rings (SSSR count). The smallest absolute Gasteiger partial charge is 0.394 e. The first kappa shape index (κ1) is 12.0. The molecule has 0 saturated carbocycles. The second-order valence-electron chi connectivity index (χ2n) is 3.14. The lowest BCUT2D eigenvalue weighted by Gasteiger charge is -2.14. The Bertz CT molecular complexity index is 303. The lowest BCUT2D eigenvalue weighted by Crippen LogP contribution is -2.20. The quantitative estimate of drug-likeness (QED) is 0.814. The molecule has 1 atom stereocenters. The number of hydrogen-bond acceptors (Lipinski definition) is 2. The van der Waals surface area contributed by atoms with E-state index in [1.54, 1.807) is 7.05 Å². The molecule has 0 bridgehead atoms. The van der Waals surface area contributed by atoms with Crippen LogP contribution in [0.1, 0.15) is 17.2 Å². The van der Waals surface area contributed by atoms with Crippen molar-refractivity contribution in [2.75, 3.05) is 13.7 Å². The van der Waals surface area contributed by atoms with E-state index in [0.717, 1.165) is 12.1 Å². The molecule has 2 nitrogen and oxygen atoms in total. The number of likely N-dealkylation sites (N-methyl/N-ethyl adjacent to an activating group) is 1. The zero-order valence-electron chi connectivity index (χ0n) is 8.17. The number of alkyl halides is 3. The van der Waals surface area contributed by atoms with E-state index < -0.39 is 11.7 Å². The van der Waals surface area contributed by atoms with E-state index in [4.69, 9.17) is 5.11 Å². The van der Waals surface area contributed by atoms with Gasteiger partial charge in [-0.25, -0.2) is 0 Å². The van der Waals surface area contributed by atoms with Gasteiger partial charge >= 0.3 is 6.18 Å². The van der Waals surface area contributed by atoms with E-state index >= 15 is 0 Å². The predicted molar refractivity (Wildman–Crippen MR) is 50.3 cm³/mol. The molecule has 0 aromatic heterocycles. The third-order valence-electron chi connectivity index (χ3n) is 2.17. The van der Waals surface area contributed by atoms with Crippen LogP contribution in [0.25, 0.3) is 0 Å². The maximum Gasteiger partial charge on any atom is 0.416 e. The van der Waals surface area contributed by atoms with E-state index in [9.17, 15) is 13.2 Å². The van der Waals surface area contributed by atoms with Crippen molar-refractivity contribution in [3.05, 3.63) is 35.4 Å². The van der Waals surface area contributed by atoms with Crippen LogP contribution in [0.2, 0.25) is 0 Å². The lowest BCUT2D eigenvalue weighted by molar-refractivity contribution is -0.137. The monoisotopic (exact) mass is 219 g/mol. The first-order valence-electron chi connectivity index (χ1n) is 4.44. The van der Waals surface area contributed by atoms with Gasteiger partial charge in [-0.15, -0.1) is 0 Å². The minimum absolute atomic E-state index is 0.151. The fourth-order valence-electron chi connectivity index (χ4n) is 1.27. The molecule has 0 saturated heterocycles. The van der Waals surface area contributed by atoms with Crippen LogP contribution in [-0.4, -0.2) is 18.8 Å². The van der Waals surface area contributed by atoms with Crippen molar-refractivity contribution in [2.24, 2.45) is 0 Å². The topological polar surface area (TPSA) is 32.3 Å². The highest BCUT2D eigenvalue weighted by molar-refractivity contribution is 5.26. The molecule has 0 radical (unpaired) electrons.